The summed E-state index contributed by atoms with van der Waals surface area (Å²) in [4.78, 5) is 12.7. The van der Waals surface area contributed by atoms with Gasteiger partial charge in [0.25, 0.3) is 10.0 Å². The Bertz CT molecular complexity index is 1140. The number of hydrogen-bond acceptors (Lipinski definition) is 3. The zero-order valence-electron chi connectivity index (χ0n) is 15.5. The molecule has 3 aromatic carbocycles. The molecule has 0 bridgehead atoms. The van der Waals surface area contributed by atoms with Crippen LogP contribution < -0.4 is 9.62 Å². The molecule has 0 aromatic heterocycles. The van der Waals surface area contributed by atoms with Crippen molar-refractivity contribution in [3.8, 4) is 0 Å². The third kappa shape index (κ3) is 5.09. The maximum Gasteiger partial charge on any atom is 0.264 e. The normalized spacial score (nSPS) is 11.1. The Hall–Kier alpha value is -2.54. The molecule has 0 radical (unpaired) electrons. The molecule has 0 heterocycles. The zero-order chi connectivity index (χ0) is 21.0. The first-order valence-corrected chi connectivity index (χ1v) is 10.9. The lowest BCUT2D eigenvalue weighted by Gasteiger charge is -2.25. The average Bonchev–Trinajstić information content (AvgIpc) is 2.67. The summed E-state index contributed by atoms with van der Waals surface area (Å²) in [6.45, 7) is 1.45. The van der Waals surface area contributed by atoms with E-state index < -0.39 is 22.5 Å². The summed E-state index contributed by atoms with van der Waals surface area (Å²) in [6, 6.07) is 19.5. The van der Waals surface area contributed by atoms with Crippen molar-refractivity contribution in [1.82, 2.24) is 0 Å². The van der Waals surface area contributed by atoms with Gasteiger partial charge in [0.2, 0.25) is 5.91 Å². The third-order valence-electron chi connectivity index (χ3n) is 4.10. The van der Waals surface area contributed by atoms with E-state index in [1.807, 2.05) is 13.0 Å². The van der Waals surface area contributed by atoms with Gasteiger partial charge in [-0.05, 0) is 55.0 Å². The highest BCUT2D eigenvalue weighted by molar-refractivity contribution is 7.92. The van der Waals surface area contributed by atoms with Gasteiger partial charge in [0.15, 0.2) is 0 Å². The molecule has 3 aromatic rings. The Kier molecular flexibility index (Phi) is 6.47. The van der Waals surface area contributed by atoms with Crippen LogP contribution in [0.4, 0.5) is 11.4 Å². The average molecular weight is 449 g/mol. The van der Waals surface area contributed by atoms with Crippen LogP contribution in [0.3, 0.4) is 0 Å². The van der Waals surface area contributed by atoms with E-state index in [-0.39, 0.29) is 15.6 Å². The Balaban J connectivity index is 1.98. The van der Waals surface area contributed by atoms with Gasteiger partial charge in [-0.1, -0.05) is 53.5 Å². The summed E-state index contributed by atoms with van der Waals surface area (Å²) in [5.41, 5.74) is 1.71. The van der Waals surface area contributed by atoms with Gasteiger partial charge < -0.3 is 5.32 Å². The van der Waals surface area contributed by atoms with Crippen LogP contribution in [0.2, 0.25) is 10.0 Å². The Morgan fingerprint density at radius 2 is 1.69 bits per heavy atom. The molecule has 0 fully saturated rings. The number of halogens is 2. The lowest BCUT2D eigenvalue weighted by Crippen LogP contribution is -2.38. The number of carbonyl (C=O) groups is 1. The van der Waals surface area contributed by atoms with Crippen molar-refractivity contribution in [2.75, 3.05) is 16.2 Å². The van der Waals surface area contributed by atoms with Gasteiger partial charge >= 0.3 is 0 Å². The van der Waals surface area contributed by atoms with Crippen molar-refractivity contribution in [3.05, 3.63) is 88.4 Å². The van der Waals surface area contributed by atoms with Gasteiger partial charge in [0, 0.05) is 10.7 Å². The fourth-order valence-electron chi connectivity index (χ4n) is 2.76. The van der Waals surface area contributed by atoms with Crippen molar-refractivity contribution in [1.29, 1.82) is 0 Å². The molecule has 0 saturated heterocycles. The molecule has 0 unspecified atom stereocenters. The molecular formula is C21H18Cl2N2O3S. The molecule has 29 heavy (non-hydrogen) atoms. The van der Waals surface area contributed by atoms with E-state index in [2.05, 4.69) is 5.32 Å². The predicted octanol–water partition coefficient (Wildman–Crippen LogP) is 5.14. The number of nitrogens with one attached hydrogen (secondary N) is 1. The van der Waals surface area contributed by atoms with E-state index in [4.69, 9.17) is 23.2 Å². The van der Waals surface area contributed by atoms with Crippen LogP contribution >= 0.6 is 23.2 Å². The van der Waals surface area contributed by atoms with Crippen molar-refractivity contribution >= 4 is 50.5 Å². The number of aryl methyl sites for hydroxylation is 1. The Morgan fingerprint density at radius 3 is 2.34 bits per heavy atom. The fourth-order valence-corrected chi connectivity index (χ4v) is 4.78. The minimum absolute atomic E-state index is 0.0503. The lowest BCUT2D eigenvalue weighted by molar-refractivity contribution is -0.114. The van der Waals surface area contributed by atoms with Crippen LogP contribution in [0.5, 0.6) is 0 Å². The monoisotopic (exact) mass is 448 g/mol. The first-order chi connectivity index (χ1) is 13.8. The van der Waals surface area contributed by atoms with Crippen LogP contribution in [0.1, 0.15) is 5.56 Å². The molecule has 150 valence electrons. The molecule has 1 N–H and O–H groups in total. The molecule has 0 atom stereocenters. The molecule has 0 aliphatic heterocycles. The first-order valence-electron chi connectivity index (χ1n) is 8.67. The van der Waals surface area contributed by atoms with Crippen LogP contribution in [0.15, 0.2) is 77.7 Å². The van der Waals surface area contributed by atoms with E-state index in [1.165, 1.54) is 30.3 Å². The topological polar surface area (TPSA) is 66.5 Å². The van der Waals surface area contributed by atoms with E-state index in [9.17, 15) is 13.2 Å². The number of sulfonamides is 1. The molecule has 0 aliphatic rings. The van der Waals surface area contributed by atoms with E-state index in [0.29, 0.717) is 10.7 Å². The second-order valence-corrected chi connectivity index (χ2v) is 9.04. The standard InChI is InChI=1S/C21H18Cl2N2O3S/c1-15-6-5-7-17(12-15)24-21(26)14-25(20-11-10-16(22)13-19(20)23)29(27,28)18-8-3-2-4-9-18/h2-13H,14H2,1H3,(H,24,26). The summed E-state index contributed by atoms with van der Waals surface area (Å²) < 4.78 is 27.5. The highest BCUT2D eigenvalue weighted by Crippen LogP contribution is 2.32. The van der Waals surface area contributed by atoms with E-state index in [1.54, 1.807) is 36.4 Å². The van der Waals surface area contributed by atoms with Crippen molar-refractivity contribution in [3.63, 3.8) is 0 Å². The van der Waals surface area contributed by atoms with E-state index >= 15 is 0 Å². The summed E-state index contributed by atoms with van der Waals surface area (Å²) in [5.74, 6) is -0.499. The molecule has 0 aliphatic carbocycles. The van der Waals surface area contributed by atoms with Gasteiger partial charge in [-0.15, -0.1) is 0 Å². The van der Waals surface area contributed by atoms with Crippen molar-refractivity contribution < 1.29 is 13.2 Å². The maximum absolute atomic E-state index is 13.3. The van der Waals surface area contributed by atoms with Gasteiger partial charge in [0.1, 0.15) is 6.54 Å². The smallest absolute Gasteiger partial charge is 0.264 e. The number of hydrogen-bond donors (Lipinski definition) is 1. The molecule has 1 amide bonds. The third-order valence-corrected chi connectivity index (χ3v) is 6.41. The Morgan fingerprint density at radius 1 is 0.966 bits per heavy atom. The number of carbonyl (C=O) groups excluding carboxylic acids is 1. The molecule has 0 spiro atoms. The largest absolute Gasteiger partial charge is 0.325 e. The summed E-state index contributed by atoms with van der Waals surface area (Å²) in [7, 11) is -4.04. The number of nitrogens with zero attached hydrogens (tertiary/aromatic N) is 1. The molecule has 8 heteroatoms. The van der Waals surface area contributed by atoms with Crippen LogP contribution in [0.25, 0.3) is 0 Å². The molecular weight excluding hydrogens is 431 g/mol. The summed E-state index contributed by atoms with van der Waals surface area (Å²) in [6.07, 6.45) is 0. The highest BCUT2D eigenvalue weighted by Gasteiger charge is 2.28. The quantitative estimate of drug-likeness (QED) is 0.567. The SMILES string of the molecule is Cc1cccc(NC(=O)CN(c2ccc(Cl)cc2Cl)S(=O)(=O)c2ccccc2)c1. The molecule has 0 saturated carbocycles. The highest BCUT2D eigenvalue weighted by atomic mass is 35.5. The summed E-state index contributed by atoms with van der Waals surface area (Å²) in [5, 5.41) is 3.21. The van der Waals surface area contributed by atoms with Crippen LogP contribution in [0, 0.1) is 6.92 Å². The second-order valence-electron chi connectivity index (χ2n) is 6.34. The van der Waals surface area contributed by atoms with Crippen LogP contribution in [-0.4, -0.2) is 20.9 Å². The van der Waals surface area contributed by atoms with Gasteiger partial charge in [0.05, 0.1) is 15.6 Å². The van der Waals surface area contributed by atoms with Crippen molar-refractivity contribution in [2.24, 2.45) is 0 Å². The minimum Gasteiger partial charge on any atom is -0.325 e. The summed E-state index contributed by atoms with van der Waals surface area (Å²) >= 11 is 12.2. The second kappa shape index (κ2) is 8.86. The van der Waals surface area contributed by atoms with E-state index in [0.717, 1.165) is 9.87 Å². The minimum atomic E-state index is -4.04. The fraction of sp³-hybridized carbons (Fsp3) is 0.0952. The van der Waals surface area contributed by atoms with Gasteiger partial charge in [-0.25, -0.2) is 8.42 Å². The molecule has 3 rings (SSSR count). The van der Waals surface area contributed by atoms with Crippen molar-refractivity contribution in [2.45, 2.75) is 11.8 Å². The first kappa shape index (κ1) is 21.2. The number of amides is 1. The lowest BCUT2D eigenvalue weighted by atomic mass is 10.2. The van der Waals surface area contributed by atoms with Gasteiger partial charge in [-0.2, -0.15) is 0 Å². The number of benzene rings is 3. The predicted molar refractivity (Wildman–Crippen MR) is 117 cm³/mol. The number of anilines is 2. The van der Waals surface area contributed by atoms with Crippen LogP contribution in [-0.2, 0) is 14.8 Å². The molecule has 5 nitrogen and oxygen atoms in total. The maximum atomic E-state index is 13.3. The zero-order valence-corrected chi connectivity index (χ0v) is 17.8. The Labute approximate surface area is 179 Å². The number of rotatable bonds is 6. The van der Waals surface area contributed by atoms with Gasteiger partial charge in [-0.3, -0.25) is 9.10 Å².